The number of aryl methyl sites for hydroxylation is 1. The molecule has 0 spiro atoms. The van der Waals surface area contributed by atoms with Gasteiger partial charge in [0.1, 0.15) is 11.3 Å². The van der Waals surface area contributed by atoms with Gasteiger partial charge in [-0.25, -0.2) is 9.78 Å². The smallest absolute Gasteiger partial charge is 0.332 e. The van der Waals surface area contributed by atoms with Gasteiger partial charge in [0, 0.05) is 20.7 Å². The van der Waals surface area contributed by atoms with Crippen LogP contribution in [0.25, 0.3) is 11.0 Å². The fourth-order valence-electron chi connectivity index (χ4n) is 2.95. The number of amides is 1. The molecule has 8 nitrogen and oxygen atoms in total. The van der Waals surface area contributed by atoms with E-state index in [0.29, 0.717) is 12.0 Å². The Kier molecular flexibility index (Phi) is 4.23. The van der Waals surface area contributed by atoms with Crippen LogP contribution in [0, 0.1) is 0 Å². The molecule has 2 aromatic rings. The van der Waals surface area contributed by atoms with Crippen LogP contribution in [0.1, 0.15) is 30.3 Å². The molecule has 1 aliphatic heterocycles. The molecule has 0 aromatic carbocycles. The topological polar surface area (TPSA) is 95.2 Å². The maximum Gasteiger partial charge on any atom is 0.332 e. The summed E-state index contributed by atoms with van der Waals surface area (Å²) in [6, 6.07) is 2.88. The zero-order valence-corrected chi connectivity index (χ0v) is 13.9. The summed E-state index contributed by atoms with van der Waals surface area (Å²) in [5.41, 5.74) is -0.554. The largest absolute Gasteiger partial charge is 0.376 e. The van der Waals surface area contributed by atoms with E-state index in [-0.39, 0.29) is 29.4 Å². The van der Waals surface area contributed by atoms with Gasteiger partial charge in [-0.3, -0.25) is 18.7 Å². The van der Waals surface area contributed by atoms with Crippen LogP contribution < -0.4 is 16.6 Å². The van der Waals surface area contributed by atoms with Gasteiger partial charge in [0.15, 0.2) is 0 Å². The highest BCUT2D eigenvalue weighted by Crippen LogP contribution is 2.16. The molecule has 1 amide bonds. The van der Waals surface area contributed by atoms with Gasteiger partial charge < -0.3 is 10.1 Å². The third-order valence-electron chi connectivity index (χ3n) is 4.42. The van der Waals surface area contributed by atoms with E-state index >= 15 is 0 Å². The Labute approximate surface area is 138 Å². The van der Waals surface area contributed by atoms with E-state index in [1.165, 1.54) is 30.8 Å². The first-order valence-electron chi connectivity index (χ1n) is 7.89. The Morgan fingerprint density at radius 2 is 2.08 bits per heavy atom. The van der Waals surface area contributed by atoms with Crippen molar-refractivity contribution in [2.45, 2.75) is 31.9 Å². The number of nitrogens with one attached hydrogen (secondary N) is 1. The zero-order valence-electron chi connectivity index (χ0n) is 13.9. The number of aromatic nitrogens is 3. The van der Waals surface area contributed by atoms with Crippen LogP contribution >= 0.6 is 0 Å². The molecule has 1 N–H and O–H groups in total. The fraction of sp³-hybridized carbons (Fsp3) is 0.500. The second kappa shape index (κ2) is 6.20. The number of hydrogen-bond donors (Lipinski definition) is 1. The van der Waals surface area contributed by atoms with Crippen molar-refractivity contribution >= 4 is 16.9 Å². The van der Waals surface area contributed by atoms with Crippen LogP contribution in [0.15, 0.2) is 21.7 Å². The predicted molar refractivity (Wildman–Crippen MR) is 88.1 cm³/mol. The van der Waals surface area contributed by atoms with E-state index in [9.17, 15) is 14.4 Å². The number of fused-ring (bicyclic) bond motifs is 1. The van der Waals surface area contributed by atoms with Gasteiger partial charge in [-0.1, -0.05) is 0 Å². The van der Waals surface area contributed by atoms with E-state index in [0.717, 1.165) is 17.4 Å². The first-order valence-corrected chi connectivity index (χ1v) is 7.89. The lowest BCUT2D eigenvalue weighted by molar-refractivity contribution is 0.0709. The highest BCUT2D eigenvalue weighted by atomic mass is 16.5. The van der Waals surface area contributed by atoms with Crippen LogP contribution in [0.2, 0.25) is 0 Å². The van der Waals surface area contributed by atoms with E-state index in [4.69, 9.17) is 4.74 Å². The van der Waals surface area contributed by atoms with Gasteiger partial charge in [0.25, 0.3) is 11.5 Å². The number of ether oxygens (including phenoxy) is 1. The molecular weight excluding hydrogens is 312 g/mol. The highest BCUT2D eigenvalue weighted by molar-refractivity contribution is 5.94. The Bertz CT molecular complexity index is 909. The van der Waals surface area contributed by atoms with Crippen molar-refractivity contribution in [3.05, 3.63) is 38.7 Å². The van der Waals surface area contributed by atoms with E-state index in [2.05, 4.69) is 10.3 Å². The first-order chi connectivity index (χ1) is 11.4. The van der Waals surface area contributed by atoms with E-state index < -0.39 is 11.2 Å². The van der Waals surface area contributed by atoms with E-state index in [1.54, 1.807) is 0 Å². The average Bonchev–Trinajstić information content (AvgIpc) is 3.12. The van der Waals surface area contributed by atoms with Crippen molar-refractivity contribution in [3.8, 4) is 0 Å². The summed E-state index contributed by atoms with van der Waals surface area (Å²) in [7, 11) is 2.93. The maximum absolute atomic E-state index is 12.4. The Balaban J connectivity index is 1.94. The normalized spacial score (nSPS) is 18.7. The van der Waals surface area contributed by atoms with Crippen molar-refractivity contribution in [2.24, 2.45) is 14.1 Å². The minimum Gasteiger partial charge on any atom is -0.376 e. The summed E-state index contributed by atoms with van der Waals surface area (Å²) in [5.74, 6) is -0.354. The number of hydrogen-bond acceptors (Lipinski definition) is 5. The van der Waals surface area contributed by atoms with Crippen LogP contribution in [-0.4, -0.2) is 38.8 Å². The molecule has 2 atom stereocenters. The van der Waals surface area contributed by atoms with Crippen molar-refractivity contribution in [3.63, 3.8) is 0 Å². The van der Waals surface area contributed by atoms with Gasteiger partial charge in [-0.15, -0.1) is 0 Å². The van der Waals surface area contributed by atoms with Gasteiger partial charge in [0.05, 0.1) is 17.5 Å². The first kappa shape index (κ1) is 16.4. The molecule has 0 unspecified atom stereocenters. The monoisotopic (exact) mass is 332 g/mol. The van der Waals surface area contributed by atoms with Crippen LogP contribution in [0.5, 0.6) is 0 Å². The van der Waals surface area contributed by atoms with Gasteiger partial charge in [0.2, 0.25) is 0 Å². The number of rotatable bonds is 3. The summed E-state index contributed by atoms with van der Waals surface area (Å²) in [4.78, 5) is 40.7. The molecule has 0 radical (unpaired) electrons. The second-order valence-corrected chi connectivity index (χ2v) is 6.09. The zero-order chi connectivity index (χ0) is 17.4. The molecule has 2 aromatic heterocycles. The Hall–Kier alpha value is -2.48. The summed E-state index contributed by atoms with van der Waals surface area (Å²) in [6.45, 7) is 2.60. The lowest BCUT2D eigenvalue weighted by Gasteiger charge is -2.19. The fourth-order valence-corrected chi connectivity index (χ4v) is 2.95. The molecule has 0 aliphatic carbocycles. The van der Waals surface area contributed by atoms with Crippen molar-refractivity contribution in [1.82, 2.24) is 19.4 Å². The predicted octanol–water partition coefficient (Wildman–Crippen LogP) is -0.0705. The number of carbonyl (C=O) groups is 1. The number of pyridine rings is 1. The lowest BCUT2D eigenvalue weighted by atomic mass is 10.1. The molecular formula is C16H20N4O4. The van der Waals surface area contributed by atoms with Crippen molar-refractivity contribution < 1.29 is 9.53 Å². The molecule has 8 heteroatoms. The van der Waals surface area contributed by atoms with Crippen LogP contribution in [0.3, 0.4) is 0 Å². The SMILES string of the molecule is C[C@H](NC(=O)c1ccc2c(=O)n(C)c(=O)n(C)c2n1)[C@@H]1CCCO1. The van der Waals surface area contributed by atoms with Crippen LogP contribution in [0.4, 0.5) is 0 Å². The summed E-state index contributed by atoms with van der Waals surface area (Å²) >= 11 is 0. The molecule has 3 rings (SSSR count). The second-order valence-electron chi connectivity index (χ2n) is 6.09. The van der Waals surface area contributed by atoms with E-state index in [1.807, 2.05) is 6.92 Å². The van der Waals surface area contributed by atoms with Gasteiger partial charge in [-0.05, 0) is 31.9 Å². The summed E-state index contributed by atoms with van der Waals surface area (Å²) in [6.07, 6.45) is 1.91. The molecule has 1 aliphatic rings. The molecule has 24 heavy (non-hydrogen) atoms. The minimum absolute atomic E-state index is 0.00561. The number of carbonyl (C=O) groups excluding carboxylic acids is 1. The molecule has 0 saturated carbocycles. The quantitative estimate of drug-likeness (QED) is 0.849. The molecule has 1 saturated heterocycles. The standard InChI is InChI=1S/C16H20N4O4/c1-9(12-5-4-8-24-12)17-14(21)11-7-6-10-13(18-11)19(2)16(23)20(3)15(10)22/h6-7,9,12H,4-5,8H2,1-3H3,(H,17,21)/t9-,12-/m0/s1. The van der Waals surface area contributed by atoms with Gasteiger partial charge in [-0.2, -0.15) is 0 Å². The van der Waals surface area contributed by atoms with Crippen molar-refractivity contribution in [1.29, 1.82) is 0 Å². The molecule has 0 bridgehead atoms. The number of nitrogens with zero attached hydrogens (tertiary/aromatic N) is 3. The van der Waals surface area contributed by atoms with Crippen molar-refractivity contribution in [2.75, 3.05) is 6.61 Å². The summed E-state index contributed by atoms with van der Waals surface area (Å²) in [5, 5.41) is 3.16. The molecule has 128 valence electrons. The Morgan fingerprint density at radius 1 is 1.33 bits per heavy atom. The lowest BCUT2D eigenvalue weighted by Crippen LogP contribution is -2.41. The average molecular weight is 332 g/mol. The van der Waals surface area contributed by atoms with Crippen LogP contribution in [-0.2, 0) is 18.8 Å². The third-order valence-corrected chi connectivity index (χ3v) is 4.42. The molecule has 1 fully saturated rings. The third kappa shape index (κ3) is 2.73. The highest BCUT2D eigenvalue weighted by Gasteiger charge is 2.24. The molecule has 3 heterocycles. The van der Waals surface area contributed by atoms with Gasteiger partial charge >= 0.3 is 5.69 Å². The summed E-state index contributed by atoms with van der Waals surface area (Å²) < 4.78 is 7.84. The minimum atomic E-state index is -0.481. The maximum atomic E-state index is 12.4. The Morgan fingerprint density at radius 3 is 2.75 bits per heavy atom.